The molecule has 2 N–H and O–H groups in total. The van der Waals surface area contributed by atoms with Crippen LogP contribution in [0.3, 0.4) is 0 Å². The van der Waals surface area contributed by atoms with E-state index in [1.54, 1.807) is 24.3 Å². The zero-order chi connectivity index (χ0) is 12.5. The summed E-state index contributed by atoms with van der Waals surface area (Å²) in [6.45, 7) is 3.43. The molecule has 4 nitrogen and oxygen atoms in total. The smallest absolute Gasteiger partial charge is 0.241 e. The first-order valence-corrected chi connectivity index (χ1v) is 7.69. The predicted molar refractivity (Wildman–Crippen MR) is 70.4 cm³/mol. The molecule has 1 atom stereocenters. The summed E-state index contributed by atoms with van der Waals surface area (Å²) in [5, 5.41) is 3.16. The van der Waals surface area contributed by atoms with Crippen molar-refractivity contribution in [3.05, 3.63) is 28.7 Å². The Kier molecular flexibility index (Phi) is 3.58. The molecule has 1 saturated heterocycles. The fourth-order valence-electron chi connectivity index (χ4n) is 1.92. The van der Waals surface area contributed by atoms with E-state index in [1.807, 2.05) is 6.92 Å². The Balaban J connectivity index is 2.25. The number of hydrogen-bond donors (Lipinski definition) is 2. The van der Waals surface area contributed by atoms with Gasteiger partial charge in [0.2, 0.25) is 10.0 Å². The highest BCUT2D eigenvalue weighted by atomic mass is 79.9. The SMILES string of the molecule is CC1(NS(=O)(=O)c2cccc(Br)c2)CCNC1. The molecule has 1 heterocycles. The summed E-state index contributed by atoms with van der Waals surface area (Å²) < 4.78 is 27.9. The van der Waals surface area contributed by atoms with Gasteiger partial charge in [0.05, 0.1) is 4.90 Å². The molecular weight excluding hydrogens is 304 g/mol. The topological polar surface area (TPSA) is 58.2 Å². The first kappa shape index (κ1) is 13.0. The summed E-state index contributed by atoms with van der Waals surface area (Å²) in [5.41, 5.74) is -0.388. The van der Waals surface area contributed by atoms with Crippen molar-refractivity contribution in [1.29, 1.82) is 0 Å². The van der Waals surface area contributed by atoms with Crippen LogP contribution in [0.25, 0.3) is 0 Å². The van der Waals surface area contributed by atoms with E-state index in [4.69, 9.17) is 0 Å². The van der Waals surface area contributed by atoms with Crippen molar-refractivity contribution in [2.75, 3.05) is 13.1 Å². The van der Waals surface area contributed by atoms with Crippen molar-refractivity contribution < 1.29 is 8.42 Å². The van der Waals surface area contributed by atoms with Gasteiger partial charge in [-0.1, -0.05) is 22.0 Å². The third kappa shape index (κ3) is 3.07. The van der Waals surface area contributed by atoms with E-state index < -0.39 is 10.0 Å². The van der Waals surface area contributed by atoms with Gasteiger partial charge in [-0.25, -0.2) is 13.1 Å². The number of benzene rings is 1. The molecule has 1 aliphatic rings. The molecule has 6 heteroatoms. The summed E-state index contributed by atoms with van der Waals surface area (Å²) in [6.07, 6.45) is 0.806. The molecule has 17 heavy (non-hydrogen) atoms. The lowest BCUT2D eigenvalue weighted by Gasteiger charge is -2.24. The summed E-state index contributed by atoms with van der Waals surface area (Å²) in [7, 11) is -3.44. The summed E-state index contributed by atoms with van der Waals surface area (Å²) >= 11 is 3.28. The molecule has 0 amide bonds. The van der Waals surface area contributed by atoms with Crippen molar-refractivity contribution in [3.63, 3.8) is 0 Å². The molecular formula is C11H15BrN2O2S. The van der Waals surface area contributed by atoms with Crippen LogP contribution in [0.1, 0.15) is 13.3 Å². The first-order valence-electron chi connectivity index (χ1n) is 5.42. The molecule has 0 saturated carbocycles. The van der Waals surface area contributed by atoms with Crippen LogP contribution in [0.4, 0.5) is 0 Å². The minimum Gasteiger partial charge on any atom is -0.315 e. The number of hydrogen-bond acceptors (Lipinski definition) is 3. The van der Waals surface area contributed by atoms with Crippen LogP contribution in [-0.2, 0) is 10.0 Å². The van der Waals surface area contributed by atoms with E-state index >= 15 is 0 Å². The van der Waals surface area contributed by atoms with E-state index in [-0.39, 0.29) is 5.54 Å². The van der Waals surface area contributed by atoms with Crippen LogP contribution < -0.4 is 10.0 Å². The van der Waals surface area contributed by atoms with Crippen molar-refractivity contribution >= 4 is 26.0 Å². The quantitative estimate of drug-likeness (QED) is 0.887. The van der Waals surface area contributed by atoms with Gasteiger partial charge in [0, 0.05) is 16.6 Å². The van der Waals surface area contributed by atoms with Crippen LogP contribution in [0.2, 0.25) is 0 Å². The minimum absolute atomic E-state index is 0.292. The normalized spacial score (nSPS) is 25.1. The van der Waals surface area contributed by atoms with Crippen molar-refractivity contribution in [2.45, 2.75) is 23.8 Å². The molecule has 1 unspecified atom stereocenters. The molecule has 94 valence electrons. The lowest BCUT2D eigenvalue weighted by molar-refractivity contribution is 0.452. The largest absolute Gasteiger partial charge is 0.315 e. The highest BCUT2D eigenvalue weighted by molar-refractivity contribution is 9.10. The lowest BCUT2D eigenvalue weighted by Crippen LogP contribution is -2.47. The Labute approximate surface area is 110 Å². The average molecular weight is 319 g/mol. The zero-order valence-corrected chi connectivity index (χ0v) is 11.9. The standard InChI is InChI=1S/C11H15BrN2O2S/c1-11(5-6-13-8-11)14-17(15,16)10-4-2-3-9(12)7-10/h2-4,7,13-14H,5-6,8H2,1H3. The van der Waals surface area contributed by atoms with E-state index in [1.165, 1.54) is 0 Å². The first-order chi connectivity index (χ1) is 7.91. The van der Waals surface area contributed by atoms with Gasteiger partial charge in [0.15, 0.2) is 0 Å². The van der Waals surface area contributed by atoms with E-state index in [9.17, 15) is 8.42 Å². The molecule has 0 spiro atoms. The van der Waals surface area contributed by atoms with Gasteiger partial charge in [-0.3, -0.25) is 0 Å². The average Bonchev–Trinajstić information content (AvgIpc) is 2.64. The second-order valence-corrected chi connectivity index (χ2v) is 7.15. The van der Waals surface area contributed by atoms with Gasteiger partial charge in [-0.05, 0) is 38.1 Å². The summed E-state index contributed by atoms with van der Waals surface area (Å²) in [4.78, 5) is 0.292. The van der Waals surface area contributed by atoms with Crippen molar-refractivity contribution in [1.82, 2.24) is 10.0 Å². The molecule has 0 radical (unpaired) electrons. The number of sulfonamides is 1. The molecule has 0 aliphatic carbocycles. The molecule has 2 rings (SSSR count). The van der Waals surface area contributed by atoms with Gasteiger partial charge in [-0.15, -0.1) is 0 Å². The molecule has 0 bridgehead atoms. The van der Waals surface area contributed by atoms with Gasteiger partial charge < -0.3 is 5.32 Å². The Hall–Kier alpha value is -0.430. The number of nitrogens with one attached hydrogen (secondary N) is 2. The maximum atomic E-state index is 12.2. The maximum absolute atomic E-state index is 12.2. The van der Waals surface area contributed by atoms with Gasteiger partial charge in [0.25, 0.3) is 0 Å². The van der Waals surface area contributed by atoms with Gasteiger partial charge >= 0.3 is 0 Å². The predicted octanol–water partition coefficient (Wildman–Crippen LogP) is 1.48. The summed E-state index contributed by atoms with van der Waals surface area (Å²) in [6, 6.07) is 6.72. The fourth-order valence-corrected chi connectivity index (χ4v) is 3.95. The maximum Gasteiger partial charge on any atom is 0.241 e. The van der Waals surface area contributed by atoms with E-state index in [0.717, 1.165) is 17.4 Å². The second kappa shape index (κ2) is 4.68. The third-order valence-corrected chi connectivity index (χ3v) is 4.99. The Morgan fingerprint density at radius 1 is 1.47 bits per heavy atom. The molecule has 1 aliphatic heterocycles. The van der Waals surface area contributed by atoms with Gasteiger partial charge in [0.1, 0.15) is 0 Å². The monoisotopic (exact) mass is 318 g/mol. The van der Waals surface area contributed by atoms with Crippen LogP contribution in [-0.4, -0.2) is 27.0 Å². The molecule has 1 aromatic rings. The van der Waals surface area contributed by atoms with E-state index in [2.05, 4.69) is 26.0 Å². The fraction of sp³-hybridized carbons (Fsp3) is 0.455. The Bertz CT molecular complexity index is 510. The van der Waals surface area contributed by atoms with E-state index in [0.29, 0.717) is 11.4 Å². The zero-order valence-electron chi connectivity index (χ0n) is 9.53. The Morgan fingerprint density at radius 2 is 2.24 bits per heavy atom. The number of halogens is 1. The Morgan fingerprint density at radius 3 is 2.82 bits per heavy atom. The van der Waals surface area contributed by atoms with Crippen LogP contribution in [0.5, 0.6) is 0 Å². The van der Waals surface area contributed by atoms with Crippen LogP contribution in [0, 0.1) is 0 Å². The molecule has 1 aromatic carbocycles. The van der Waals surface area contributed by atoms with Crippen LogP contribution >= 0.6 is 15.9 Å². The van der Waals surface area contributed by atoms with Gasteiger partial charge in [-0.2, -0.15) is 0 Å². The highest BCUT2D eigenvalue weighted by Crippen LogP contribution is 2.20. The molecule has 0 aromatic heterocycles. The van der Waals surface area contributed by atoms with Crippen molar-refractivity contribution in [3.8, 4) is 0 Å². The molecule has 1 fully saturated rings. The third-order valence-electron chi connectivity index (χ3n) is 2.86. The van der Waals surface area contributed by atoms with Crippen molar-refractivity contribution in [2.24, 2.45) is 0 Å². The highest BCUT2D eigenvalue weighted by Gasteiger charge is 2.33. The lowest BCUT2D eigenvalue weighted by atomic mass is 10.0. The van der Waals surface area contributed by atoms with Crippen LogP contribution in [0.15, 0.2) is 33.6 Å². The summed E-state index contributed by atoms with van der Waals surface area (Å²) in [5.74, 6) is 0. The number of rotatable bonds is 3. The second-order valence-electron chi connectivity index (χ2n) is 4.55. The minimum atomic E-state index is -3.44.